The summed E-state index contributed by atoms with van der Waals surface area (Å²) in [5.74, 6) is -0.0310. The van der Waals surface area contributed by atoms with Gasteiger partial charge in [-0.25, -0.2) is 17.9 Å². The van der Waals surface area contributed by atoms with Gasteiger partial charge in [-0.1, -0.05) is 33.6 Å². The van der Waals surface area contributed by atoms with Gasteiger partial charge in [-0.3, -0.25) is 4.79 Å². The first-order chi connectivity index (χ1) is 12.7. The highest BCUT2D eigenvalue weighted by Gasteiger charge is 2.28. The smallest absolute Gasteiger partial charge is 0.338 e. The van der Waals surface area contributed by atoms with Crippen molar-refractivity contribution < 1.29 is 22.7 Å². The van der Waals surface area contributed by atoms with Crippen LogP contribution in [-0.2, 0) is 19.6 Å². The summed E-state index contributed by atoms with van der Waals surface area (Å²) in [6.07, 6.45) is 3.19. The predicted molar refractivity (Wildman–Crippen MR) is 102 cm³/mol. The molecule has 3 atom stereocenters. The Bertz CT molecular complexity index is 761. The van der Waals surface area contributed by atoms with Crippen molar-refractivity contribution in [1.82, 2.24) is 10.0 Å². The Morgan fingerprint density at radius 3 is 2.44 bits per heavy atom. The average Bonchev–Trinajstić information content (AvgIpc) is 2.63. The van der Waals surface area contributed by atoms with Gasteiger partial charge in [-0.05, 0) is 42.5 Å². The molecule has 27 heavy (non-hydrogen) atoms. The van der Waals surface area contributed by atoms with E-state index in [0.29, 0.717) is 11.8 Å². The van der Waals surface area contributed by atoms with Gasteiger partial charge in [0.15, 0.2) is 6.61 Å². The maximum atomic E-state index is 12.1. The number of ether oxygens (including phenoxy) is 1. The number of benzene rings is 1. The Kier molecular flexibility index (Phi) is 7.38. The minimum absolute atomic E-state index is 0.0686. The first-order valence-corrected chi connectivity index (χ1v) is 10.8. The van der Waals surface area contributed by atoms with Crippen LogP contribution >= 0.6 is 0 Å². The van der Waals surface area contributed by atoms with E-state index < -0.39 is 16.0 Å². The number of sulfonamides is 1. The van der Waals surface area contributed by atoms with E-state index in [4.69, 9.17) is 4.74 Å². The first-order valence-electron chi connectivity index (χ1n) is 9.30. The molecule has 7 nitrogen and oxygen atoms in total. The molecule has 0 saturated heterocycles. The van der Waals surface area contributed by atoms with Gasteiger partial charge in [0.05, 0.1) is 10.5 Å². The lowest BCUT2D eigenvalue weighted by Gasteiger charge is -2.34. The monoisotopic (exact) mass is 396 g/mol. The fourth-order valence-corrected chi connectivity index (χ4v) is 4.33. The summed E-state index contributed by atoms with van der Waals surface area (Å²) in [7, 11) is -3.57. The van der Waals surface area contributed by atoms with Crippen molar-refractivity contribution in [3.63, 3.8) is 0 Å². The fourth-order valence-electron chi connectivity index (χ4n) is 3.29. The van der Waals surface area contributed by atoms with E-state index in [1.807, 2.05) is 0 Å². The number of esters is 1. The normalized spacial score (nSPS) is 22.9. The van der Waals surface area contributed by atoms with Gasteiger partial charge in [0.2, 0.25) is 10.0 Å². The Morgan fingerprint density at radius 1 is 1.15 bits per heavy atom. The lowest BCUT2D eigenvalue weighted by molar-refractivity contribution is -0.125. The highest BCUT2D eigenvalue weighted by Crippen LogP contribution is 2.29. The summed E-state index contributed by atoms with van der Waals surface area (Å²) in [6, 6.07) is 5.51. The van der Waals surface area contributed by atoms with E-state index >= 15 is 0 Å². The van der Waals surface area contributed by atoms with Crippen LogP contribution in [0.1, 0.15) is 50.4 Å². The van der Waals surface area contributed by atoms with Crippen molar-refractivity contribution in [1.29, 1.82) is 0 Å². The van der Waals surface area contributed by atoms with Crippen LogP contribution in [0.4, 0.5) is 0 Å². The van der Waals surface area contributed by atoms with Crippen molar-refractivity contribution >= 4 is 21.9 Å². The summed E-state index contributed by atoms with van der Waals surface area (Å²) >= 11 is 0. The fraction of sp³-hybridized carbons (Fsp3) is 0.579. The summed E-state index contributed by atoms with van der Waals surface area (Å²) in [4.78, 5) is 24.2. The second-order valence-electron chi connectivity index (χ2n) is 7.04. The Labute approximate surface area is 160 Å². The molecule has 1 saturated carbocycles. The minimum Gasteiger partial charge on any atom is -0.452 e. The Balaban J connectivity index is 1.87. The molecule has 0 unspecified atom stereocenters. The van der Waals surface area contributed by atoms with Gasteiger partial charge < -0.3 is 10.1 Å². The molecular formula is C19H28N2O5S. The van der Waals surface area contributed by atoms with E-state index in [1.165, 1.54) is 30.7 Å². The molecule has 0 bridgehead atoms. The van der Waals surface area contributed by atoms with E-state index in [1.54, 1.807) is 6.92 Å². The van der Waals surface area contributed by atoms with Crippen molar-refractivity contribution in [2.24, 2.45) is 11.8 Å². The van der Waals surface area contributed by atoms with Crippen molar-refractivity contribution in [2.45, 2.75) is 51.0 Å². The zero-order chi connectivity index (χ0) is 20.0. The van der Waals surface area contributed by atoms with Gasteiger partial charge >= 0.3 is 5.97 Å². The third-order valence-corrected chi connectivity index (χ3v) is 6.68. The quantitative estimate of drug-likeness (QED) is 0.687. The SMILES string of the molecule is CCNS(=O)(=O)c1ccc(C(=O)OCC(=O)N[C@@H]2CCC[C@H](C)[C@@H]2C)cc1. The van der Waals surface area contributed by atoms with Crippen LogP contribution in [0.5, 0.6) is 0 Å². The molecule has 0 radical (unpaired) electrons. The number of nitrogens with one attached hydrogen (secondary N) is 2. The number of hydrogen-bond acceptors (Lipinski definition) is 5. The van der Waals surface area contributed by atoms with E-state index in [0.717, 1.165) is 12.8 Å². The van der Waals surface area contributed by atoms with Crippen LogP contribution in [0.3, 0.4) is 0 Å². The van der Waals surface area contributed by atoms with Crippen molar-refractivity contribution in [3.8, 4) is 0 Å². The molecule has 1 fully saturated rings. The van der Waals surface area contributed by atoms with E-state index in [2.05, 4.69) is 23.9 Å². The topological polar surface area (TPSA) is 102 Å². The van der Waals surface area contributed by atoms with E-state index in [-0.39, 0.29) is 35.6 Å². The maximum Gasteiger partial charge on any atom is 0.338 e. The number of amides is 1. The molecule has 0 aromatic heterocycles. The molecule has 1 aromatic carbocycles. The van der Waals surface area contributed by atoms with Crippen LogP contribution < -0.4 is 10.0 Å². The highest BCUT2D eigenvalue weighted by molar-refractivity contribution is 7.89. The van der Waals surface area contributed by atoms with Crippen LogP contribution in [-0.4, -0.2) is 39.5 Å². The molecule has 0 heterocycles. The summed E-state index contributed by atoms with van der Waals surface area (Å²) in [5.41, 5.74) is 0.193. The Morgan fingerprint density at radius 2 is 1.81 bits per heavy atom. The lowest BCUT2D eigenvalue weighted by atomic mass is 9.78. The largest absolute Gasteiger partial charge is 0.452 e. The summed E-state index contributed by atoms with van der Waals surface area (Å²) < 4.78 is 31.2. The summed E-state index contributed by atoms with van der Waals surface area (Å²) in [6.45, 7) is 5.92. The third-order valence-electron chi connectivity index (χ3n) is 5.12. The average molecular weight is 397 g/mol. The number of carbonyl (C=O) groups is 2. The van der Waals surface area contributed by atoms with Crippen LogP contribution in [0.25, 0.3) is 0 Å². The molecule has 0 aliphatic heterocycles. The minimum atomic E-state index is -3.57. The standard InChI is InChI=1S/C19H28N2O5S/c1-4-20-27(24,25)16-10-8-15(9-11-16)19(23)26-12-18(22)21-17-7-5-6-13(2)14(17)3/h8-11,13-14,17,20H,4-7,12H2,1-3H3,(H,21,22)/t13-,14-,17+/m0/s1. The number of carbonyl (C=O) groups excluding carboxylic acids is 2. The molecule has 0 spiro atoms. The van der Waals surface area contributed by atoms with Crippen LogP contribution in [0, 0.1) is 11.8 Å². The Hall–Kier alpha value is -1.93. The molecule has 1 aromatic rings. The zero-order valence-electron chi connectivity index (χ0n) is 16.0. The second kappa shape index (κ2) is 9.32. The van der Waals surface area contributed by atoms with Crippen LogP contribution in [0.2, 0.25) is 0 Å². The van der Waals surface area contributed by atoms with Gasteiger partial charge in [0.25, 0.3) is 5.91 Å². The highest BCUT2D eigenvalue weighted by atomic mass is 32.2. The van der Waals surface area contributed by atoms with E-state index in [9.17, 15) is 18.0 Å². The number of hydrogen-bond donors (Lipinski definition) is 2. The summed E-state index contributed by atoms with van der Waals surface area (Å²) in [5, 5.41) is 2.95. The molecule has 1 amide bonds. The third kappa shape index (κ3) is 5.77. The van der Waals surface area contributed by atoms with Gasteiger partial charge in [-0.2, -0.15) is 0 Å². The molecule has 150 valence electrons. The maximum absolute atomic E-state index is 12.1. The lowest BCUT2D eigenvalue weighted by Crippen LogP contribution is -2.45. The molecule has 1 aliphatic carbocycles. The van der Waals surface area contributed by atoms with Crippen molar-refractivity contribution in [2.75, 3.05) is 13.2 Å². The first kappa shape index (κ1) is 21.4. The van der Waals surface area contributed by atoms with Gasteiger partial charge in [0.1, 0.15) is 0 Å². The van der Waals surface area contributed by atoms with Crippen LogP contribution in [0.15, 0.2) is 29.2 Å². The zero-order valence-corrected chi connectivity index (χ0v) is 16.8. The molecule has 1 aliphatic rings. The predicted octanol–water partition coefficient (Wildman–Crippen LogP) is 2.08. The molecule has 2 N–H and O–H groups in total. The molecule has 2 rings (SSSR count). The number of rotatable bonds is 7. The van der Waals surface area contributed by atoms with Crippen molar-refractivity contribution in [3.05, 3.63) is 29.8 Å². The molecular weight excluding hydrogens is 368 g/mol. The second-order valence-corrected chi connectivity index (χ2v) is 8.81. The van der Waals surface area contributed by atoms with Gasteiger partial charge in [-0.15, -0.1) is 0 Å². The van der Waals surface area contributed by atoms with Gasteiger partial charge in [0, 0.05) is 12.6 Å². The molecule has 8 heteroatoms.